The number of halogens is 1. The van der Waals surface area contributed by atoms with Gasteiger partial charge in [0.15, 0.2) is 0 Å². The van der Waals surface area contributed by atoms with Crippen LogP contribution >= 0.6 is 12.4 Å². The first-order valence-corrected chi connectivity index (χ1v) is 9.31. The van der Waals surface area contributed by atoms with E-state index < -0.39 is 10.0 Å². The molecule has 0 aromatic heterocycles. The van der Waals surface area contributed by atoms with E-state index in [0.29, 0.717) is 18.0 Å². The van der Waals surface area contributed by atoms with Gasteiger partial charge in [0, 0.05) is 46.9 Å². The first kappa shape index (κ1) is 21.3. The smallest absolute Gasteiger partial charge is 0.242 e. The normalized spacial score (nSPS) is 22.4. The van der Waals surface area contributed by atoms with E-state index in [1.54, 1.807) is 39.4 Å². The van der Waals surface area contributed by atoms with E-state index in [4.69, 9.17) is 10.5 Å². The number of rotatable bonds is 6. The molecule has 0 aliphatic carbocycles. The van der Waals surface area contributed by atoms with Crippen molar-refractivity contribution in [3.8, 4) is 0 Å². The van der Waals surface area contributed by atoms with Crippen LogP contribution in [0.2, 0.25) is 0 Å². The van der Waals surface area contributed by atoms with Crippen molar-refractivity contribution in [1.29, 1.82) is 0 Å². The van der Waals surface area contributed by atoms with Crippen molar-refractivity contribution in [2.75, 3.05) is 34.3 Å². The highest BCUT2D eigenvalue weighted by Gasteiger charge is 2.27. The summed E-state index contributed by atoms with van der Waals surface area (Å²) < 4.78 is 31.2. The van der Waals surface area contributed by atoms with Crippen molar-refractivity contribution >= 4 is 22.4 Å². The maximum Gasteiger partial charge on any atom is 0.242 e. The van der Waals surface area contributed by atoms with Crippen LogP contribution in [0.1, 0.15) is 18.4 Å². The van der Waals surface area contributed by atoms with Gasteiger partial charge in [-0.2, -0.15) is 0 Å². The van der Waals surface area contributed by atoms with Crippen molar-refractivity contribution in [2.45, 2.75) is 36.4 Å². The van der Waals surface area contributed by atoms with Crippen molar-refractivity contribution in [2.24, 2.45) is 5.73 Å². The highest BCUT2D eigenvalue weighted by atomic mass is 35.5. The molecule has 1 aromatic rings. The Bertz CT molecular complexity index is 625. The topological polar surface area (TPSA) is 75.9 Å². The number of piperidine rings is 1. The van der Waals surface area contributed by atoms with Crippen LogP contribution in [0, 0.1) is 0 Å². The van der Waals surface area contributed by atoms with Gasteiger partial charge in [-0.25, -0.2) is 12.7 Å². The van der Waals surface area contributed by atoms with Gasteiger partial charge in [0.2, 0.25) is 10.0 Å². The van der Waals surface area contributed by atoms with Crippen LogP contribution < -0.4 is 5.73 Å². The first-order chi connectivity index (χ1) is 10.9. The van der Waals surface area contributed by atoms with Crippen LogP contribution in [0.15, 0.2) is 29.2 Å². The fourth-order valence-electron chi connectivity index (χ4n) is 2.98. The fraction of sp³-hybridized carbons (Fsp3) is 0.625. The standard InChI is InChI=1S/C16H27N3O3S.ClH/c1-18(2)23(20,21)16-6-4-5-13(9-16)12-19-8-7-15(22-3)10-14(19)11-17;/h4-6,9,14-15H,7-8,10-12,17H2,1-3H3;1H. The fourth-order valence-corrected chi connectivity index (χ4v) is 3.95. The van der Waals surface area contributed by atoms with Gasteiger partial charge in [-0.1, -0.05) is 12.1 Å². The van der Waals surface area contributed by atoms with Crippen molar-refractivity contribution in [3.05, 3.63) is 29.8 Å². The van der Waals surface area contributed by atoms with Gasteiger partial charge in [-0.15, -0.1) is 12.4 Å². The van der Waals surface area contributed by atoms with E-state index in [0.717, 1.165) is 24.9 Å². The van der Waals surface area contributed by atoms with Crippen molar-refractivity contribution < 1.29 is 13.2 Å². The maximum atomic E-state index is 12.3. The largest absolute Gasteiger partial charge is 0.381 e. The molecule has 6 nitrogen and oxygen atoms in total. The monoisotopic (exact) mass is 377 g/mol. The zero-order valence-electron chi connectivity index (χ0n) is 14.5. The zero-order chi connectivity index (χ0) is 17.0. The Morgan fingerprint density at radius 2 is 2.08 bits per heavy atom. The molecule has 138 valence electrons. The second kappa shape index (κ2) is 9.12. The molecule has 2 atom stereocenters. The Kier molecular flexibility index (Phi) is 8.11. The molecule has 0 bridgehead atoms. The predicted octanol–water partition coefficient (Wildman–Crippen LogP) is 1.30. The lowest BCUT2D eigenvalue weighted by Gasteiger charge is -2.38. The van der Waals surface area contributed by atoms with Gasteiger partial charge in [-0.05, 0) is 30.5 Å². The minimum absolute atomic E-state index is 0. The van der Waals surface area contributed by atoms with Crippen LogP contribution in [0.5, 0.6) is 0 Å². The summed E-state index contributed by atoms with van der Waals surface area (Å²) in [5.74, 6) is 0. The first-order valence-electron chi connectivity index (χ1n) is 7.87. The minimum Gasteiger partial charge on any atom is -0.381 e. The molecule has 1 fully saturated rings. The summed E-state index contributed by atoms with van der Waals surface area (Å²) in [6.07, 6.45) is 2.16. The van der Waals surface area contributed by atoms with Gasteiger partial charge in [0.25, 0.3) is 0 Å². The molecule has 1 aromatic carbocycles. The minimum atomic E-state index is -3.40. The Morgan fingerprint density at radius 3 is 2.67 bits per heavy atom. The average molecular weight is 378 g/mol. The summed E-state index contributed by atoms with van der Waals surface area (Å²) in [6.45, 7) is 2.19. The van der Waals surface area contributed by atoms with E-state index in [2.05, 4.69) is 4.90 Å². The second-order valence-electron chi connectivity index (χ2n) is 6.18. The van der Waals surface area contributed by atoms with Gasteiger partial charge >= 0.3 is 0 Å². The highest BCUT2D eigenvalue weighted by Crippen LogP contribution is 2.22. The predicted molar refractivity (Wildman–Crippen MR) is 97.8 cm³/mol. The van der Waals surface area contributed by atoms with E-state index >= 15 is 0 Å². The summed E-state index contributed by atoms with van der Waals surface area (Å²) in [5.41, 5.74) is 6.89. The molecule has 24 heavy (non-hydrogen) atoms. The number of hydrogen-bond donors (Lipinski definition) is 1. The van der Waals surface area contributed by atoms with Crippen molar-refractivity contribution in [1.82, 2.24) is 9.21 Å². The number of ether oxygens (including phenoxy) is 1. The van der Waals surface area contributed by atoms with Crippen LogP contribution in [0.3, 0.4) is 0 Å². The van der Waals surface area contributed by atoms with E-state index in [1.165, 1.54) is 4.31 Å². The molecular formula is C16H28ClN3O3S. The molecule has 2 rings (SSSR count). The lowest BCUT2D eigenvalue weighted by Crippen LogP contribution is -2.47. The molecule has 0 spiro atoms. The SMILES string of the molecule is COC1CCN(Cc2cccc(S(=O)(=O)N(C)C)c2)C(CN)C1.Cl. The molecule has 1 aliphatic rings. The number of nitrogens with two attached hydrogens (primary N) is 1. The molecule has 1 heterocycles. The lowest BCUT2D eigenvalue weighted by atomic mass is 9.98. The van der Waals surface area contributed by atoms with E-state index in [1.807, 2.05) is 6.07 Å². The summed E-state index contributed by atoms with van der Waals surface area (Å²) in [4.78, 5) is 2.65. The molecule has 1 saturated heterocycles. The lowest BCUT2D eigenvalue weighted by molar-refractivity contribution is 0.0102. The Balaban J connectivity index is 0.00000288. The number of methoxy groups -OCH3 is 1. The Hall–Kier alpha value is -0.700. The van der Waals surface area contributed by atoms with Gasteiger partial charge in [-0.3, -0.25) is 4.90 Å². The number of benzene rings is 1. The van der Waals surface area contributed by atoms with Crippen LogP contribution in [-0.4, -0.2) is 64.1 Å². The van der Waals surface area contributed by atoms with Crippen LogP contribution in [-0.2, 0) is 21.3 Å². The molecule has 0 saturated carbocycles. The molecule has 0 radical (unpaired) electrons. The summed E-state index contributed by atoms with van der Waals surface area (Å²) in [7, 11) is 1.42. The number of nitrogens with zero attached hydrogens (tertiary/aromatic N) is 2. The van der Waals surface area contributed by atoms with Crippen molar-refractivity contribution in [3.63, 3.8) is 0 Å². The molecule has 0 amide bonds. The third kappa shape index (κ3) is 4.91. The zero-order valence-corrected chi connectivity index (χ0v) is 16.1. The van der Waals surface area contributed by atoms with Crippen LogP contribution in [0.4, 0.5) is 0 Å². The quantitative estimate of drug-likeness (QED) is 0.808. The van der Waals surface area contributed by atoms with Gasteiger partial charge in [0.05, 0.1) is 11.0 Å². The molecule has 2 unspecified atom stereocenters. The molecule has 8 heteroatoms. The van der Waals surface area contributed by atoms with E-state index in [-0.39, 0.29) is 24.6 Å². The average Bonchev–Trinajstić information content (AvgIpc) is 2.55. The van der Waals surface area contributed by atoms with Gasteiger partial charge in [0.1, 0.15) is 0 Å². The summed E-state index contributed by atoms with van der Waals surface area (Å²) in [5, 5.41) is 0. The van der Waals surface area contributed by atoms with Gasteiger partial charge < -0.3 is 10.5 Å². The molecule has 1 aliphatic heterocycles. The van der Waals surface area contributed by atoms with Crippen LogP contribution in [0.25, 0.3) is 0 Å². The third-order valence-electron chi connectivity index (χ3n) is 4.46. The summed E-state index contributed by atoms with van der Waals surface area (Å²) >= 11 is 0. The second-order valence-corrected chi connectivity index (χ2v) is 8.33. The van der Waals surface area contributed by atoms with E-state index in [9.17, 15) is 8.42 Å². The highest BCUT2D eigenvalue weighted by molar-refractivity contribution is 7.89. The number of hydrogen-bond acceptors (Lipinski definition) is 5. The molecule has 2 N–H and O–H groups in total. The number of sulfonamides is 1. The molecular weight excluding hydrogens is 350 g/mol. The maximum absolute atomic E-state index is 12.3. The Labute approximate surface area is 151 Å². The summed E-state index contributed by atoms with van der Waals surface area (Å²) in [6, 6.07) is 7.42. The third-order valence-corrected chi connectivity index (χ3v) is 6.27. The Morgan fingerprint density at radius 1 is 1.38 bits per heavy atom. The number of likely N-dealkylation sites (tertiary alicyclic amines) is 1.